The average molecular weight is 455 g/mol. The molecule has 31 heavy (non-hydrogen) atoms. The van der Waals surface area contributed by atoms with Crippen molar-refractivity contribution in [2.45, 2.75) is 59.3 Å². The zero-order valence-electron chi connectivity index (χ0n) is 19.4. The molecule has 0 unspecified atom stereocenters. The van der Waals surface area contributed by atoms with Gasteiger partial charge in [-0.1, -0.05) is 18.2 Å². The monoisotopic (exact) mass is 454 g/mol. The standard InChI is InChI=1S/C23H38O7Si/c1-4-10-20(24)27-16-7-13-23(19-30-31,14-8-17-28-21(25)11-5-2)15-9-18-29-22(26)12-6-3/h4-6,10-12H,7-9,13-19H2,1-3,31H3. The average Bonchev–Trinajstić information content (AvgIpc) is 2.73. The van der Waals surface area contributed by atoms with Crippen molar-refractivity contribution < 1.29 is 33.0 Å². The Balaban J connectivity index is 4.84. The molecule has 0 heterocycles. The largest absolute Gasteiger partial charge is 0.463 e. The molecule has 0 aromatic carbocycles. The molecular weight excluding hydrogens is 416 g/mol. The Morgan fingerprint density at radius 2 is 1.00 bits per heavy atom. The third-order valence-electron chi connectivity index (χ3n) is 4.65. The van der Waals surface area contributed by atoms with Gasteiger partial charge in [-0.15, -0.1) is 0 Å². The van der Waals surface area contributed by atoms with Gasteiger partial charge in [-0.2, -0.15) is 0 Å². The van der Waals surface area contributed by atoms with Crippen LogP contribution in [0.4, 0.5) is 0 Å². The van der Waals surface area contributed by atoms with Gasteiger partial charge in [0.05, 0.1) is 19.8 Å². The molecule has 8 heteroatoms. The molecule has 7 nitrogen and oxygen atoms in total. The molecule has 0 spiro atoms. The molecule has 0 aliphatic rings. The van der Waals surface area contributed by atoms with Crippen LogP contribution in [0.25, 0.3) is 0 Å². The molecule has 0 atom stereocenters. The second-order valence-electron chi connectivity index (χ2n) is 7.25. The minimum atomic E-state index is -0.348. The Kier molecular flexibility index (Phi) is 17.3. The van der Waals surface area contributed by atoms with E-state index in [4.69, 9.17) is 18.6 Å². The van der Waals surface area contributed by atoms with Crippen LogP contribution in [0.3, 0.4) is 0 Å². The summed E-state index contributed by atoms with van der Waals surface area (Å²) in [5, 5.41) is 0. The Morgan fingerprint density at radius 3 is 1.26 bits per heavy atom. The van der Waals surface area contributed by atoms with E-state index in [0.717, 1.165) is 19.3 Å². The predicted molar refractivity (Wildman–Crippen MR) is 123 cm³/mol. The first-order chi connectivity index (χ1) is 14.9. The molecule has 0 fully saturated rings. The molecule has 0 bridgehead atoms. The van der Waals surface area contributed by atoms with E-state index in [9.17, 15) is 14.4 Å². The van der Waals surface area contributed by atoms with Gasteiger partial charge in [0.15, 0.2) is 0 Å². The fourth-order valence-electron chi connectivity index (χ4n) is 3.31. The highest BCUT2D eigenvalue weighted by molar-refractivity contribution is 5.97. The summed E-state index contributed by atoms with van der Waals surface area (Å²) in [7, 11) is 0.609. The van der Waals surface area contributed by atoms with Gasteiger partial charge >= 0.3 is 17.9 Å². The number of carbonyl (C=O) groups is 3. The highest BCUT2D eigenvalue weighted by atomic mass is 28.2. The van der Waals surface area contributed by atoms with Gasteiger partial charge < -0.3 is 18.6 Å². The number of ether oxygens (including phenoxy) is 3. The Hall–Kier alpha value is -2.19. The molecule has 0 aliphatic heterocycles. The van der Waals surface area contributed by atoms with Crippen LogP contribution in [0.1, 0.15) is 59.3 Å². The fourth-order valence-corrected chi connectivity index (χ4v) is 3.92. The smallest absolute Gasteiger partial charge is 0.330 e. The van der Waals surface area contributed by atoms with E-state index in [1.165, 1.54) is 18.2 Å². The van der Waals surface area contributed by atoms with Crippen molar-refractivity contribution >= 4 is 28.4 Å². The Morgan fingerprint density at radius 1 is 0.677 bits per heavy atom. The van der Waals surface area contributed by atoms with E-state index in [0.29, 0.717) is 56.2 Å². The molecule has 0 radical (unpaired) electrons. The van der Waals surface area contributed by atoms with E-state index in [1.54, 1.807) is 39.0 Å². The number of allylic oxidation sites excluding steroid dienone is 3. The quantitative estimate of drug-likeness (QED) is 0.110. The van der Waals surface area contributed by atoms with E-state index in [2.05, 4.69) is 0 Å². The van der Waals surface area contributed by atoms with Gasteiger partial charge in [-0.3, -0.25) is 0 Å². The zero-order chi connectivity index (χ0) is 23.4. The highest BCUT2D eigenvalue weighted by Crippen LogP contribution is 2.35. The third-order valence-corrected chi connectivity index (χ3v) is 4.93. The summed E-state index contributed by atoms with van der Waals surface area (Å²) in [4.78, 5) is 34.5. The summed E-state index contributed by atoms with van der Waals surface area (Å²) in [5.74, 6) is -1.04. The highest BCUT2D eigenvalue weighted by Gasteiger charge is 2.29. The number of hydrogen-bond acceptors (Lipinski definition) is 7. The van der Waals surface area contributed by atoms with Crippen molar-refractivity contribution in [2.75, 3.05) is 26.4 Å². The second kappa shape index (κ2) is 18.6. The predicted octanol–water partition coefficient (Wildman–Crippen LogP) is 2.97. The van der Waals surface area contributed by atoms with Crippen LogP contribution in [0.2, 0.25) is 0 Å². The first kappa shape index (κ1) is 28.8. The number of rotatable bonds is 17. The molecule has 0 amide bonds. The summed E-state index contributed by atoms with van der Waals surface area (Å²) >= 11 is 0. The van der Waals surface area contributed by atoms with Crippen LogP contribution < -0.4 is 0 Å². The zero-order valence-corrected chi connectivity index (χ0v) is 21.4. The maximum Gasteiger partial charge on any atom is 0.330 e. The molecule has 0 saturated carbocycles. The van der Waals surface area contributed by atoms with Crippen molar-refractivity contribution in [3.05, 3.63) is 36.5 Å². The summed E-state index contributed by atoms with van der Waals surface area (Å²) in [6.45, 7) is 6.87. The molecule has 0 saturated heterocycles. The Labute approximate surface area is 189 Å². The van der Waals surface area contributed by atoms with E-state index in [-0.39, 0.29) is 23.3 Å². The van der Waals surface area contributed by atoms with Gasteiger partial charge in [0.2, 0.25) is 0 Å². The van der Waals surface area contributed by atoms with Gasteiger partial charge in [-0.25, -0.2) is 14.4 Å². The lowest BCUT2D eigenvalue weighted by Gasteiger charge is -2.34. The van der Waals surface area contributed by atoms with Crippen LogP contribution in [-0.2, 0) is 33.0 Å². The molecule has 176 valence electrons. The van der Waals surface area contributed by atoms with Crippen molar-refractivity contribution in [1.29, 1.82) is 0 Å². The van der Waals surface area contributed by atoms with Crippen LogP contribution in [0.5, 0.6) is 0 Å². The van der Waals surface area contributed by atoms with Crippen LogP contribution in [0.15, 0.2) is 36.5 Å². The third kappa shape index (κ3) is 15.3. The van der Waals surface area contributed by atoms with Crippen molar-refractivity contribution in [3.8, 4) is 0 Å². The van der Waals surface area contributed by atoms with Gasteiger partial charge in [0.25, 0.3) is 0 Å². The lowest BCUT2D eigenvalue weighted by Crippen LogP contribution is -2.29. The van der Waals surface area contributed by atoms with Crippen LogP contribution >= 0.6 is 0 Å². The number of esters is 3. The van der Waals surface area contributed by atoms with E-state index >= 15 is 0 Å². The molecule has 0 aliphatic carbocycles. The normalized spacial score (nSPS) is 13.6. The van der Waals surface area contributed by atoms with Crippen LogP contribution in [-0.4, -0.2) is 54.8 Å². The fraction of sp³-hybridized carbons (Fsp3) is 0.609. The van der Waals surface area contributed by atoms with Gasteiger partial charge in [0, 0.05) is 24.8 Å². The summed E-state index contributed by atoms with van der Waals surface area (Å²) in [6.07, 6.45) is 13.6. The topological polar surface area (TPSA) is 88.1 Å². The lowest BCUT2D eigenvalue weighted by molar-refractivity contribution is -0.138. The first-order valence-electron chi connectivity index (χ1n) is 10.8. The van der Waals surface area contributed by atoms with Crippen molar-refractivity contribution in [3.63, 3.8) is 0 Å². The Bertz CT molecular complexity index is 532. The molecule has 0 aromatic heterocycles. The SMILES string of the molecule is CC=CC(=O)OCCCC(CCCOC(=O)C=CC)(CCCOC(=O)C=CC)CO[SiH3]. The number of hydrogen-bond donors (Lipinski definition) is 0. The van der Waals surface area contributed by atoms with E-state index in [1.807, 2.05) is 0 Å². The van der Waals surface area contributed by atoms with Crippen molar-refractivity contribution in [2.24, 2.45) is 5.41 Å². The number of carbonyl (C=O) groups excluding carboxylic acids is 3. The van der Waals surface area contributed by atoms with E-state index < -0.39 is 0 Å². The summed E-state index contributed by atoms with van der Waals surface area (Å²) in [5.41, 5.74) is -0.158. The molecule has 0 N–H and O–H groups in total. The summed E-state index contributed by atoms with van der Waals surface area (Å²) in [6, 6.07) is 0. The van der Waals surface area contributed by atoms with Gasteiger partial charge in [-0.05, 0) is 64.7 Å². The minimum Gasteiger partial charge on any atom is -0.463 e. The molecule has 0 rings (SSSR count). The van der Waals surface area contributed by atoms with Gasteiger partial charge in [0.1, 0.15) is 10.5 Å². The minimum absolute atomic E-state index is 0.158. The second-order valence-corrected chi connectivity index (χ2v) is 7.82. The van der Waals surface area contributed by atoms with Crippen molar-refractivity contribution in [1.82, 2.24) is 0 Å². The van der Waals surface area contributed by atoms with Crippen LogP contribution in [0, 0.1) is 5.41 Å². The summed E-state index contributed by atoms with van der Waals surface area (Å²) < 4.78 is 21.3. The lowest BCUT2D eigenvalue weighted by atomic mass is 9.76. The first-order valence-corrected chi connectivity index (χ1v) is 11.6. The molecule has 0 aromatic rings. The maximum absolute atomic E-state index is 11.5. The maximum atomic E-state index is 11.5. The molecular formula is C23H38O7Si.